The van der Waals surface area contributed by atoms with Gasteiger partial charge in [-0.1, -0.05) is 42.5 Å². The van der Waals surface area contributed by atoms with Crippen LogP contribution in [0.25, 0.3) is 0 Å². The second-order valence-corrected chi connectivity index (χ2v) is 6.48. The van der Waals surface area contributed by atoms with Gasteiger partial charge in [0.25, 0.3) is 0 Å². The lowest BCUT2D eigenvalue weighted by atomic mass is 9.90. The Hall–Kier alpha value is -1.85. The largest absolute Gasteiger partial charge is 0.416 e. The number of hydrogen-bond acceptors (Lipinski definition) is 2. The number of alkyl halides is 3. The first-order valence-electron chi connectivity index (χ1n) is 8.65. The third kappa shape index (κ3) is 4.05. The van der Waals surface area contributed by atoms with Crippen LogP contribution >= 0.6 is 0 Å². The van der Waals surface area contributed by atoms with Gasteiger partial charge in [-0.15, -0.1) is 0 Å². The molecule has 134 valence electrons. The maximum Gasteiger partial charge on any atom is 0.416 e. The zero-order valence-electron chi connectivity index (χ0n) is 14.3. The molecule has 1 fully saturated rings. The second-order valence-electron chi connectivity index (χ2n) is 6.48. The number of halogens is 3. The first-order chi connectivity index (χ1) is 12.0. The van der Waals surface area contributed by atoms with Gasteiger partial charge in [0.2, 0.25) is 0 Å². The van der Waals surface area contributed by atoms with Crippen LogP contribution in [0.1, 0.15) is 34.7 Å². The third-order valence-electron chi connectivity index (χ3n) is 4.78. The van der Waals surface area contributed by atoms with E-state index in [4.69, 9.17) is 0 Å². The van der Waals surface area contributed by atoms with Crippen LogP contribution in [0.4, 0.5) is 13.2 Å². The number of nitrogens with one attached hydrogen (secondary N) is 1. The molecule has 0 bridgehead atoms. The van der Waals surface area contributed by atoms with E-state index in [0.717, 1.165) is 43.7 Å². The van der Waals surface area contributed by atoms with E-state index in [2.05, 4.69) is 10.2 Å². The highest BCUT2D eigenvalue weighted by atomic mass is 19.4. The van der Waals surface area contributed by atoms with E-state index in [1.807, 2.05) is 31.2 Å². The number of rotatable bonds is 3. The van der Waals surface area contributed by atoms with E-state index in [1.165, 1.54) is 12.1 Å². The second kappa shape index (κ2) is 7.58. The van der Waals surface area contributed by atoms with Gasteiger partial charge < -0.3 is 5.32 Å². The van der Waals surface area contributed by atoms with Crippen molar-refractivity contribution in [2.75, 3.05) is 26.2 Å². The highest BCUT2D eigenvalue weighted by molar-refractivity contribution is 5.42. The summed E-state index contributed by atoms with van der Waals surface area (Å²) in [4.78, 5) is 2.17. The quantitative estimate of drug-likeness (QED) is 0.884. The number of benzene rings is 2. The van der Waals surface area contributed by atoms with Gasteiger partial charge in [0, 0.05) is 19.6 Å². The Balaban J connectivity index is 2.14. The molecule has 1 aliphatic rings. The van der Waals surface area contributed by atoms with Gasteiger partial charge >= 0.3 is 6.18 Å². The fourth-order valence-corrected chi connectivity index (χ4v) is 3.57. The van der Waals surface area contributed by atoms with Crippen molar-refractivity contribution in [2.45, 2.75) is 25.6 Å². The summed E-state index contributed by atoms with van der Waals surface area (Å²) in [6.45, 7) is 5.16. The SMILES string of the molecule is Cc1ccccc1C(c1ccccc1C(F)(F)F)N1CCCNCC1. The Labute approximate surface area is 146 Å². The van der Waals surface area contributed by atoms with Gasteiger partial charge in [-0.2, -0.15) is 13.2 Å². The van der Waals surface area contributed by atoms with Crippen LogP contribution in [0.3, 0.4) is 0 Å². The van der Waals surface area contributed by atoms with Gasteiger partial charge in [0.15, 0.2) is 0 Å². The van der Waals surface area contributed by atoms with Crippen LogP contribution in [0.15, 0.2) is 48.5 Å². The van der Waals surface area contributed by atoms with Crippen molar-refractivity contribution in [1.29, 1.82) is 0 Å². The number of aryl methyl sites for hydroxylation is 1. The van der Waals surface area contributed by atoms with Crippen molar-refractivity contribution in [2.24, 2.45) is 0 Å². The molecule has 1 N–H and O–H groups in total. The predicted molar refractivity (Wildman–Crippen MR) is 93.5 cm³/mol. The average molecular weight is 348 g/mol. The lowest BCUT2D eigenvalue weighted by Gasteiger charge is -2.33. The molecule has 1 saturated heterocycles. The highest BCUT2D eigenvalue weighted by Gasteiger charge is 2.37. The Morgan fingerprint density at radius 3 is 2.32 bits per heavy atom. The lowest BCUT2D eigenvalue weighted by molar-refractivity contribution is -0.138. The molecule has 1 heterocycles. The molecule has 0 amide bonds. The van der Waals surface area contributed by atoms with Gasteiger partial charge in [0.05, 0.1) is 11.6 Å². The van der Waals surface area contributed by atoms with Crippen molar-refractivity contribution < 1.29 is 13.2 Å². The molecule has 25 heavy (non-hydrogen) atoms. The van der Waals surface area contributed by atoms with Gasteiger partial charge in [-0.25, -0.2) is 0 Å². The fourth-order valence-electron chi connectivity index (χ4n) is 3.57. The molecule has 2 aromatic carbocycles. The molecule has 1 aliphatic heterocycles. The molecule has 0 radical (unpaired) electrons. The maximum absolute atomic E-state index is 13.6. The summed E-state index contributed by atoms with van der Waals surface area (Å²) in [5, 5.41) is 3.33. The molecule has 3 rings (SSSR count). The summed E-state index contributed by atoms with van der Waals surface area (Å²) >= 11 is 0. The van der Waals surface area contributed by atoms with E-state index in [0.29, 0.717) is 5.56 Å². The Morgan fingerprint density at radius 2 is 1.60 bits per heavy atom. The van der Waals surface area contributed by atoms with Crippen LogP contribution in [-0.4, -0.2) is 31.1 Å². The first kappa shape index (κ1) is 18.0. The smallest absolute Gasteiger partial charge is 0.315 e. The van der Waals surface area contributed by atoms with Crippen LogP contribution in [0, 0.1) is 6.92 Å². The zero-order valence-corrected chi connectivity index (χ0v) is 14.3. The topological polar surface area (TPSA) is 15.3 Å². The minimum atomic E-state index is -4.36. The Kier molecular flexibility index (Phi) is 5.45. The Morgan fingerprint density at radius 1 is 0.920 bits per heavy atom. The van der Waals surface area contributed by atoms with Crippen LogP contribution in [0.5, 0.6) is 0 Å². The average Bonchev–Trinajstić information content (AvgIpc) is 2.86. The standard InChI is InChI=1S/C20H23F3N2/c1-15-7-2-3-8-16(15)19(25-13-6-11-24-12-14-25)17-9-4-5-10-18(17)20(21,22)23/h2-5,7-10,19,24H,6,11-14H2,1H3. The summed E-state index contributed by atoms with van der Waals surface area (Å²) in [7, 11) is 0. The monoisotopic (exact) mass is 348 g/mol. The molecule has 0 aliphatic carbocycles. The van der Waals surface area contributed by atoms with Crippen molar-refractivity contribution in [3.8, 4) is 0 Å². The maximum atomic E-state index is 13.6. The van der Waals surface area contributed by atoms with Crippen molar-refractivity contribution in [1.82, 2.24) is 10.2 Å². The summed E-state index contributed by atoms with van der Waals surface area (Å²) in [5.41, 5.74) is 1.76. The lowest BCUT2D eigenvalue weighted by Crippen LogP contribution is -2.34. The van der Waals surface area contributed by atoms with Gasteiger partial charge in [-0.05, 0) is 42.6 Å². The van der Waals surface area contributed by atoms with E-state index >= 15 is 0 Å². The minimum absolute atomic E-state index is 0.339. The molecule has 2 nitrogen and oxygen atoms in total. The highest BCUT2D eigenvalue weighted by Crippen LogP contribution is 2.39. The molecular weight excluding hydrogens is 325 g/mol. The zero-order chi connectivity index (χ0) is 17.9. The van der Waals surface area contributed by atoms with E-state index in [9.17, 15) is 13.2 Å². The molecule has 1 atom stereocenters. The predicted octanol–water partition coefficient (Wildman–Crippen LogP) is 4.40. The molecule has 1 unspecified atom stereocenters. The van der Waals surface area contributed by atoms with Gasteiger partial charge in [-0.3, -0.25) is 4.90 Å². The fraction of sp³-hybridized carbons (Fsp3) is 0.400. The molecule has 0 saturated carbocycles. The number of nitrogens with zero attached hydrogens (tertiary/aromatic N) is 1. The molecule has 5 heteroatoms. The number of hydrogen-bond donors (Lipinski definition) is 1. The summed E-state index contributed by atoms with van der Waals surface area (Å²) in [5.74, 6) is 0. The van der Waals surface area contributed by atoms with E-state index in [-0.39, 0.29) is 6.04 Å². The van der Waals surface area contributed by atoms with Crippen LogP contribution in [0.2, 0.25) is 0 Å². The Bertz CT molecular complexity index is 704. The van der Waals surface area contributed by atoms with Gasteiger partial charge in [0.1, 0.15) is 0 Å². The molecule has 2 aromatic rings. The minimum Gasteiger partial charge on any atom is -0.315 e. The normalized spacial score (nSPS) is 17.9. The van der Waals surface area contributed by atoms with Crippen molar-refractivity contribution in [3.63, 3.8) is 0 Å². The van der Waals surface area contributed by atoms with Crippen LogP contribution < -0.4 is 5.32 Å². The molecular formula is C20H23F3N2. The summed E-state index contributed by atoms with van der Waals surface area (Å²) in [6.07, 6.45) is -3.43. The molecule has 0 aromatic heterocycles. The summed E-state index contributed by atoms with van der Waals surface area (Å²) in [6, 6.07) is 13.3. The van der Waals surface area contributed by atoms with E-state index in [1.54, 1.807) is 12.1 Å². The third-order valence-corrected chi connectivity index (χ3v) is 4.78. The van der Waals surface area contributed by atoms with Crippen molar-refractivity contribution >= 4 is 0 Å². The van der Waals surface area contributed by atoms with Crippen LogP contribution in [-0.2, 0) is 6.18 Å². The van der Waals surface area contributed by atoms with Crippen molar-refractivity contribution in [3.05, 3.63) is 70.8 Å². The van der Waals surface area contributed by atoms with E-state index < -0.39 is 11.7 Å². The summed E-state index contributed by atoms with van der Waals surface area (Å²) < 4.78 is 40.9. The first-order valence-corrected chi connectivity index (χ1v) is 8.65. The molecule has 0 spiro atoms.